The fourth-order valence-electron chi connectivity index (χ4n) is 1.58. The molecule has 4 nitrogen and oxygen atoms in total. The summed E-state index contributed by atoms with van der Waals surface area (Å²) < 4.78 is 5.59. The van der Waals surface area contributed by atoms with Crippen molar-refractivity contribution in [3.63, 3.8) is 0 Å². The molecule has 0 aliphatic heterocycles. The Hall–Kier alpha value is -1.58. The average Bonchev–Trinajstić information content (AvgIpc) is 3.00. The molecule has 0 spiro atoms. The highest BCUT2D eigenvalue weighted by atomic mass is 16.5. The van der Waals surface area contributed by atoms with Gasteiger partial charge < -0.3 is 9.84 Å². The Balaban J connectivity index is 2.41. The van der Waals surface area contributed by atoms with E-state index in [1.165, 1.54) is 0 Å². The first-order chi connectivity index (χ1) is 7.59. The van der Waals surface area contributed by atoms with E-state index in [1.54, 1.807) is 12.3 Å². The summed E-state index contributed by atoms with van der Waals surface area (Å²) in [5, 5.41) is 9.21. The molecule has 1 aliphatic rings. The van der Waals surface area contributed by atoms with Gasteiger partial charge in [0.25, 0.3) is 0 Å². The monoisotopic (exact) mass is 221 g/mol. The molecule has 0 atom stereocenters. The van der Waals surface area contributed by atoms with Crippen LogP contribution in [0.15, 0.2) is 12.3 Å². The SMILES string of the molecule is CC(C)c1nccc(OC2CC2)c1C(=O)O. The average molecular weight is 221 g/mol. The molecule has 1 saturated carbocycles. The maximum absolute atomic E-state index is 11.2. The van der Waals surface area contributed by atoms with Gasteiger partial charge in [0.15, 0.2) is 0 Å². The van der Waals surface area contributed by atoms with Gasteiger partial charge in [-0.25, -0.2) is 4.79 Å². The Bertz CT molecular complexity index is 411. The minimum Gasteiger partial charge on any atom is -0.489 e. The Kier molecular flexibility index (Phi) is 2.81. The zero-order chi connectivity index (χ0) is 11.7. The van der Waals surface area contributed by atoms with Gasteiger partial charge in [0.2, 0.25) is 0 Å². The van der Waals surface area contributed by atoms with Crippen molar-refractivity contribution in [2.45, 2.75) is 38.7 Å². The summed E-state index contributed by atoms with van der Waals surface area (Å²) in [6, 6.07) is 1.63. The van der Waals surface area contributed by atoms with Crippen LogP contribution in [0.1, 0.15) is 48.7 Å². The molecule has 1 aromatic heterocycles. The fourth-order valence-corrected chi connectivity index (χ4v) is 1.58. The molecule has 0 bridgehead atoms. The van der Waals surface area contributed by atoms with Crippen molar-refractivity contribution in [2.24, 2.45) is 0 Å². The maximum atomic E-state index is 11.2. The summed E-state index contributed by atoms with van der Waals surface area (Å²) in [7, 11) is 0. The Morgan fingerprint density at radius 1 is 1.56 bits per heavy atom. The van der Waals surface area contributed by atoms with E-state index in [-0.39, 0.29) is 17.6 Å². The lowest BCUT2D eigenvalue weighted by Gasteiger charge is -2.13. The van der Waals surface area contributed by atoms with Gasteiger partial charge in [-0.2, -0.15) is 0 Å². The maximum Gasteiger partial charge on any atom is 0.341 e. The summed E-state index contributed by atoms with van der Waals surface area (Å²) in [6.07, 6.45) is 3.83. The lowest BCUT2D eigenvalue weighted by atomic mass is 10.0. The van der Waals surface area contributed by atoms with E-state index in [4.69, 9.17) is 4.74 Å². The van der Waals surface area contributed by atoms with Crippen molar-refractivity contribution in [3.05, 3.63) is 23.5 Å². The molecule has 1 aliphatic carbocycles. The number of ether oxygens (including phenoxy) is 1. The van der Waals surface area contributed by atoms with Crippen molar-refractivity contribution >= 4 is 5.97 Å². The Morgan fingerprint density at radius 2 is 2.25 bits per heavy atom. The molecule has 0 radical (unpaired) electrons. The van der Waals surface area contributed by atoms with E-state index in [0.29, 0.717) is 11.4 Å². The van der Waals surface area contributed by atoms with Crippen molar-refractivity contribution in [3.8, 4) is 5.75 Å². The normalized spacial score (nSPS) is 15.2. The van der Waals surface area contributed by atoms with Crippen LogP contribution in [-0.2, 0) is 0 Å². The summed E-state index contributed by atoms with van der Waals surface area (Å²) in [6.45, 7) is 3.85. The van der Waals surface area contributed by atoms with Crippen LogP contribution in [0.4, 0.5) is 0 Å². The molecule has 0 aromatic carbocycles. The second kappa shape index (κ2) is 4.12. The Labute approximate surface area is 94.3 Å². The van der Waals surface area contributed by atoms with Gasteiger partial charge in [-0.05, 0) is 24.8 Å². The third-order valence-electron chi connectivity index (χ3n) is 2.52. The predicted octanol–water partition coefficient (Wildman–Crippen LogP) is 2.44. The number of hydrogen-bond donors (Lipinski definition) is 1. The van der Waals surface area contributed by atoms with Crippen LogP contribution in [0.25, 0.3) is 0 Å². The number of aromatic nitrogens is 1. The van der Waals surface area contributed by atoms with Crippen LogP contribution in [-0.4, -0.2) is 22.2 Å². The zero-order valence-corrected chi connectivity index (χ0v) is 9.43. The van der Waals surface area contributed by atoms with E-state index in [1.807, 2.05) is 13.8 Å². The topological polar surface area (TPSA) is 59.4 Å². The molecule has 1 N–H and O–H groups in total. The number of aromatic carboxylic acids is 1. The molecular weight excluding hydrogens is 206 g/mol. The van der Waals surface area contributed by atoms with Gasteiger partial charge in [0.05, 0.1) is 11.8 Å². The molecule has 1 heterocycles. The number of nitrogens with zero attached hydrogens (tertiary/aromatic N) is 1. The molecule has 0 amide bonds. The van der Waals surface area contributed by atoms with Crippen molar-refractivity contribution < 1.29 is 14.6 Å². The smallest absolute Gasteiger partial charge is 0.341 e. The molecule has 1 aromatic rings. The summed E-state index contributed by atoms with van der Waals surface area (Å²) >= 11 is 0. The first-order valence-corrected chi connectivity index (χ1v) is 5.48. The number of carbonyl (C=O) groups is 1. The highest BCUT2D eigenvalue weighted by molar-refractivity contribution is 5.92. The lowest BCUT2D eigenvalue weighted by molar-refractivity contribution is 0.0689. The third-order valence-corrected chi connectivity index (χ3v) is 2.52. The predicted molar refractivity (Wildman–Crippen MR) is 58.9 cm³/mol. The highest BCUT2D eigenvalue weighted by Gasteiger charge is 2.27. The van der Waals surface area contributed by atoms with E-state index in [9.17, 15) is 9.90 Å². The fraction of sp³-hybridized carbons (Fsp3) is 0.500. The van der Waals surface area contributed by atoms with Crippen molar-refractivity contribution in [1.82, 2.24) is 4.98 Å². The van der Waals surface area contributed by atoms with Gasteiger partial charge in [-0.15, -0.1) is 0 Å². The van der Waals surface area contributed by atoms with Gasteiger partial charge >= 0.3 is 5.97 Å². The lowest BCUT2D eigenvalue weighted by Crippen LogP contribution is -2.10. The van der Waals surface area contributed by atoms with E-state index in [2.05, 4.69) is 4.98 Å². The number of hydrogen-bond acceptors (Lipinski definition) is 3. The summed E-state index contributed by atoms with van der Waals surface area (Å²) in [5.41, 5.74) is 0.801. The minimum absolute atomic E-state index is 0.0776. The van der Waals surface area contributed by atoms with Crippen LogP contribution >= 0.6 is 0 Å². The second-order valence-corrected chi connectivity index (χ2v) is 4.35. The standard InChI is InChI=1S/C12H15NO3/c1-7(2)11-10(12(14)15)9(5-6-13-11)16-8-3-4-8/h5-8H,3-4H2,1-2H3,(H,14,15). The Morgan fingerprint density at radius 3 is 2.75 bits per heavy atom. The summed E-state index contributed by atoms with van der Waals surface area (Å²) in [5.74, 6) is -0.435. The van der Waals surface area contributed by atoms with Crippen LogP contribution < -0.4 is 4.74 Å². The number of pyridine rings is 1. The molecule has 0 saturated heterocycles. The van der Waals surface area contributed by atoms with Gasteiger partial charge in [0, 0.05) is 6.20 Å². The van der Waals surface area contributed by atoms with Gasteiger partial charge in [-0.3, -0.25) is 4.98 Å². The largest absolute Gasteiger partial charge is 0.489 e. The van der Waals surface area contributed by atoms with E-state index < -0.39 is 5.97 Å². The van der Waals surface area contributed by atoms with Crippen LogP contribution in [0.5, 0.6) is 5.75 Å². The van der Waals surface area contributed by atoms with E-state index >= 15 is 0 Å². The summed E-state index contributed by atoms with van der Waals surface area (Å²) in [4.78, 5) is 15.4. The van der Waals surface area contributed by atoms with Crippen LogP contribution in [0, 0.1) is 0 Å². The molecule has 1 fully saturated rings. The molecule has 2 rings (SSSR count). The van der Waals surface area contributed by atoms with Gasteiger partial charge in [0.1, 0.15) is 11.3 Å². The minimum atomic E-state index is -0.965. The highest BCUT2D eigenvalue weighted by Crippen LogP contribution is 2.31. The van der Waals surface area contributed by atoms with E-state index in [0.717, 1.165) is 12.8 Å². The quantitative estimate of drug-likeness (QED) is 0.848. The van der Waals surface area contributed by atoms with Crippen LogP contribution in [0.2, 0.25) is 0 Å². The van der Waals surface area contributed by atoms with Gasteiger partial charge in [-0.1, -0.05) is 13.8 Å². The molecule has 0 unspecified atom stereocenters. The number of rotatable bonds is 4. The van der Waals surface area contributed by atoms with Crippen molar-refractivity contribution in [1.29, 1.82) is 0 Å². The molecule has 4 heteroatoms. The van der Waals surface area contributed by atoms with Crippen molar-refractivity contribution in [2.75, 3.05) is 0 Å². The zero-order valence-electron chi connectivity index (χ0n) is 9.43. The first-order valence-electron chi connectivity index (χ1n) is 5.48. The number of carboxylic acids is 1. The molecule has 16 heavy (non-hydrogen) atoms. The molecule has 86 valence electrons. The molecular formula is C12H15NO3. The second-order valence-electron chi connectivity index (χ2n) is 4.35. The number of carboxylic acid groups (broad SMARTS) is 1. The third kappa shape index (κ3) is 2.15. The first kappa shape index (κ1) is 10.9. The van der Waals surface area contributed by atoms with Crippen LogP contribution in [0.3, 0.4) is 0 Å².